The van der Waals surface area contributed by atoms with Crippen molar-refractivity contribution in [2.24, 2.45) is 5.73 Å². The Morgan fingerprint density at radius 2 is 1.95 bits per heavy atom. The van der Waals surface area contributed by atoms with Gasteiger partial charge in [-0.2, -0.15) is 0 Å². The molecule has 22 heavy (non-hydrogen) atoms. The summed E-state index contributed by atoms with van der Waals surface area (Å²) in [6, 6.07) is 7.59. The van der Waals surface area contributed by atoms with Gasteiger partial charge in [0.1, 0.15) is 11.6 Å². The fourth-order valence-corrected chi connectivity index (χ4v) is 2.37. The Bertz CT molecular complexity index is 660. The maximum atomic E-state index is 11.6. The van der Waals surface area contributed by atoms with Crippen molar-refractivity contribution < 1.29 is 4.74 Å². The van der Waals surface area contributed by atoms with Crippen LogP contribution in [0.15, 0.2) is 29.1 Å². The highest BCUT2D eigenvalue weighted by Gasteiger charge is 2.05. The molecule has 118 valence electrons. The van der Waals surface area contributed by atoms with Crippen LogP contribution in [0.3, 0.4) is 0 Å². The van der Waals surface area contributed by atoms with Crippen molar-refractivity contribution in [3.8, 4) is 5.75 Å². The average Bonchev–Trinajstić information content (AvgIpc) is 2.48. The minimum atomic E-state index is -0.121. The molecule has 2 aromatic rings. The van der Waals surface area contributed by atoms with Gasteiger partial charge in [-0.3, -0.25) is 4.79 Å². The summed E-state index contributed by atoms with van der Waals surface area (Å²) in [4.78, 5) is 18.9. The topological polar surface area (TPSA) is 81.0 Å². The number of hydrogen-bond donors (Lipinski definition) is 2. The van der Waals surface area contributed by atoms with E-state index >= 15 is 0 Å². The standard InChI is InChI=1S/C17H23N3O2/c1-12-5-3-6-13(2)17(12)22-10-8-15-19-14(7-4-9-18)11-16(21)20-15/h3,5-6,11H,4,7-10,18H2,1-2H3,(H,19,20,21). The lowest BCUT2D eigenvalue weighted by atomic mass is 10.1. The lowest BCUT2D eigenvalue weighted by molar-refractivity contribution is 0.314. The minimum Gasteiger partial charge on any atom is -0.493 e. The number of rotatable bonds is 7. The van der Waals surface area contributed by atoms with Crippen molar-refractivity contribution in [1.82, 2.24) is 9.97 Å². The third kappa shape index (κ3) is 4.43. The van der Waals surface area contributed by atoms with Gasteiger partial charge in [-0.25, -0.2) is 4.98 Å². The first kappa shape index (κ1) is 16.2. The first-order valence-corrected chi connectivity index (χ1v) is 7.58. The zero-order valence-corrected chi connectivity index (χ0v) is 13.2. The van der Waals surface area contributed by atoms with E-state index in [2.05, 4.69) is 9.97 Å². The van der Waals surface area contributed by atoms with Crippen molar-refractivity contribution in [3.63, 3.8) is 0 Å². The van der Waals surface area contributed by atoms with E-state index in [1.54, 1.807) is 0 Å². The molecule has 0 aliphatic rings. The molecule has 0 saturated carbocycles. The summed E-state index contributed by atoms with van der Waals surface area (Å²) < 4.78 is 5.85. The van der Waals surface area contributed by atoms with Gasteiger partial charge in [0.25, 0.3) is 5.56 Å². The van der Waals surface area contributed by atoms with E-state index in [1.807, 2.05) is 32.0 Å². The lowest BCUT2D eigenvalue weighted by Gasteiger charge is -2.11. The molecule has 2 rings (SSSR count). The van der Waals surface area contributed by atoms with E-state index in [-0.39, 0.29) is 5.56 Å². The second-order valence-corrected chi connectivity index (χ2v) is 5.40. The first-order chi connectivity index (χ1) is 10.6. The highest BCUT2D eigenvalue weighted by molar-refractivity contribution is 5.39. The highest BCUT2D eigenvalue weighted by Crippen LogP contribution is 2.22. The van der Waals surface area contributed by atoms with Gasteiger partial charge in [-0.15, -0.1) is 0 Å². The smallest absolute Gasteiger partial charge is 0.251 e. The molecule has 1 heterocycles. The molecule has 0 aliphatic carbocycles. The number of aryl methyl sites for hydroxylation is 3. The van der Waals surface area contributed by atoms with Crippen molar-refractivity contribution in [3.05, 3.63) is 57.3 Å². The van der Waals surface area contributed by atoms with Gasteiger partial charge in [0.15, 0.2) is 0 Å². The number of benzene rings is 1. The molecule has 3 N–H and O–H groups in total. The van der Waals surface area contributed by atoms with E-state index in [1.165, 1.54) is 6.07 Å². The Morgan fingerprint density at radius 1 is 1.23 bits per heavy atom. The number of nitrogens with one attached hydrogen (secondary N) is 1. The summed E-state index contributed by atoms with van der Waals surface area (Å²) in [5.41, 5.74) is 8.38. The van der Waals surface area contributed by atoms with Gasteiger partial charge >= 0.3 is 0 Å². The van der Waals surface area contributed by atoms with E-state index in [9.17, 15) is 4.79 Å². The SMILES string of the molecule is Cc1cccc(C)c1OCCc1nc(CCCN)cc(=O)[nH]1. The van der Waals surface area contributed by atoms with Crippen molar-refractivity contribution in [2.45, 2.75) is 33.1 Å². The maximum Gasteiger partial charge on any atom is 0.251 e. The van der Waals surface area contributed by atoms with Gasteiger partial charge in [0, 0.05) is 18.2 Å². The number of ether oxygens (including phenoxy) is 1. The quantitative estimate of drug-likeness (QED) is 0.818. The number of para-hydroxylation sites is 1. The summed E-state index contributed by atoms with van der Waals surface area (Å²) in [5.74, 6) is 1.56. The zero-order valence-electron chi connectivity index (χ0n) is 13.2. The summed E-state index contributed by atoms with van der Waals surface area (Å²) in [6.07, 6.45) is 2.12. The number of nitrogens with zero attached hydrogens (tertiary/aromatic N) is 1. The van der Waals surface area contributed by atoms with Gasteiger partial charge in [0.2, 0.25) is 0 Å². The Balaban J connectivity index is 1.99. The van der Waals surface area contributed by atoms with Crippen LogP contribution in [0.4, 0.5) is 0 Å². The number of nitrogens with two attached hydrogens (primary N) is 1. The van der Waals surface area contributed by atoms with Crippen LogP contribution in [0.5, 0.6) is 5.75 Å². The van der Waals surface area contributed by atoms with E-state index in [0.717, 1.165) is 35.4 Å². The third-order valence-corrected chi connectivity index (χ3v) is 3.47. The Labute approximate surface area is 130 Å². The number of hydrogen-bond acceptors (Lipinski definition) is 4. The minimum absolute atomic E-state index is 0.121. The predicted molar refractivity (Wildman–Crippen MR) is 87.3 cm³/mol. The Hall–Kier alpha value is -2.14. The molecule has 0 saturated heterocycles. The molecule has 0 spiro atoms. The largest absolute Gasteiger partial charge is 0.493 e. The molecule has 0 unspecified atom stereocenters. The molecule has 0 bridgehead atoms. The van der Waals surface area contributed by atoms with Crippen molar-refractivity contribution in [1.29, 1.82) is 0 Å². The zero-order chi connectivity index (χ0) is 15.9. The molecule has 5 heteroatoms. The normalized spacial score (nSPS) is 10.7. The second-order valence-electron chi connectivity index (χ2n) is 5.40. The number of H-pyrrole nitrogens is 1. The summed E-state index contributed by atoms with van der Waals surface area (Å²) in [7, 11) is 0. The summed E-state index contributed by atoms with van der Waals surface area (Å²) in [6.45, 7) is 5.13. The monoisotopic (exact) mass is 301 g/mol. The van der Waals surface area contributed by atoms with Crippen LogP contribution in [0.1, 0.15) is 29.1 Å². The van der Waals surface area contributed by atoms with Gasteiger partial charge in [0.05, 0.1) is 6.61 Å². The van der Waals surface area contributed by atoms with Crippen LogP contribution < -0.4 is 16.0 Å². The fraction of sp³-hybridized carbons (Fsp3) is 0.412. The number of aromatic amines is 1. The molecule has 0 atom stereocenters. The van der Waals surface area contributed by atoms with E-state index in [4.69, 9.17) is 10.5 Å². The molecule has 5 nitrogen and oxygen atoms in total. The Kier molecular flexibility index (Phi) is 5.72. The van der Waals surface area contributed by atoms with Crippen LogP contribution in [0, 0.1) is 13.8 Å². The van der Waals surface area contributed by atoms with Crippen molar-refractivity contribution >= 4 is 0 Å². The lowest BCUT2D eigenvalue weighted by Crippen LogP contribution is -2.16. The molecular weight excluding hydrogens is 278 g/mol. The maximum absolute atomic E-state index is 11.6. The van der Waals surface area contributed by atoms with Gasteiger partial charge in [-0.05, 0) is 44.4 Å². The summed E-state index contributed by atoms with van der Waals surface area (Å²) in [5, 5.41) is 0. The van der Waals surface area contributed by atoms with Gasteiger partial charge < -0.3 is 15.5 Å². The molecule has 0 aliphatic heterocycles. The molecule has 1 aromatic heterocycles. The fourth-order valence-electron chi connectivity index (χ4n) is 2.37. The van der Waals surface area contributed by atoms with E-state index < -0.39 is 0 Å². The number of aromatic nitrogens is 2. The molecule has 0 fully saturated rings. The predicted octanol–water partition coefficient (Wildman–Crippen LogP) is 1.90. The molecule has 0 radical (unpaired) electrons. The van der Waals surface area contributed by atoms with Crippen LogP contribution in [0.25, 0.3) is 0 Å². The molecule has 0 amide bonds. The van der Waals surface area contributed by atoms with Gasteiger partial charge in [-0.1, -0.05) is 18.2 Å². The van der Waals surface area contributed by atoms with Crippen LogP contribution >= 0.6 is 0 Å². The molecule has 1 aromatic carbocycles. The third-order valence-electron chi connectivity index (χ3n) is 3.47. The second kappa shape index (κ2) is 7.75. The average molecular weight is 301 g/mol. The van der Waals surface area contributed by atoms with Crippen LogP contribution in [-0.4, -0.2) is 23.1 Å². The van der Waals surface area contributed by atoms with Crippen LogP contribution in [0.2, 0.25) is 0 Å². The van der Waals surface area contributed by atoms with E-state index in [0.29, 0.717) is 25.4 Å². The van der Waals surface area contributed by atoms with Crippen LogP contribution in [-0.2, 0) is 12.8 Å². The van der Waals surface area contributed by atoms with Crippen molar-refractivity contribution in [2.75, 3.05) is 13.2 Å². The Morgan fingerprint density at radius 3 is 2.64 bits per heavy atom. The first-order valence-electron chi connectivity index (χ1n) is 7.58. The summed E-state index contributed by atoms with van der Waals surface area (Å²) >= 11 is 0. The molecular formula is C17H23N3O2. The highest BCUT2D eigenvalue weighted by atomic mass is 16.5.